The van der Waals surface area contributed by atoms with E-state index in [1.54, 1.807) is 7.11 Å². The van der Waals surface area contributed by atoms with Crippen molar-refractivity contribution < 1.29 is 4.74 Å². The van der Waals surface area contributed by atoms with E-state index >= 15 is 0 Å². The lowest BCUT2D eigenvalue weighted by Gasteiger charge is -2.30. The summed E-state index contributed by atoms with van der Waals surface area (Å²) in [6.45, 7) is 5.54. The lowest BCUT2D eigenvalue weighted by molar-refractivity contribution is 0.157. The van der Waals surface area contributed by atoms with Gasteiger partial charge in [0.2, 0.25) is 0 Å². The van der Waals surface area contributed by atoms with Crippen molar-refractivity contribution in [1.82, 2.24) is 4.90 Å². The van der Waals surface area contributed by atoms with Crippen molar-refractivity contribution in [2.75, 3.05) is 20.3 Å². The molecule has 0 aromatic heterocycles. The van der Waals surface area contributed by atoms with Gasteiger partial charge in [0.25, 0.3) is 0 Å². The molecule has 0 aliphatic rings. The summed E-state index contributed by atoms with van der Waals surface area (Å²) in [5.74, 6) is 0.144. The van der Waals surface area contributed by atoms with Crippen molar-refractivity contribution >= 4 is 5.96 Å². The first-order valence-electron chi connectivity index (χ1n) is 4.76. The van der Waals surface area contributed by atoms with E-state index in [4.69, 9.17) is 15.9 Å². The molecule has 0 amide bonds. The zero-order valence-electron chi connectivity index (χ0n) is 8.84. The van der Waals surface area contributed by atoms with Gasteiger partial charge in [0.15, 0.2) is 5.96 Å². The van der Waals surface area contributed by atoms with Crippen LogP contribution >= 0.6 is 0 Å². The Bertz CT molecular complexity index is 146. The third kappa shape index (κ3) is 4.12. The van der Waals surface area contributed by atoms with Gasteiger partial charge >= 0.3 is 0 Å². The summed E-state index contributed by atoms with van der Waals surface area (Å²) in [6, 6.07) is 0.368. The summed E-state index contributed by atoms with van der Waals surface area (Å²) in [5, 5.41) is 7.42. The average molecular weight is 187 g/mol. The van der Waals surface area contributed by atoms with Crippen molar-refractivity contribution in [2.45, 2.75) is 32.7 Å². The van der Waals surface area contributed by atoms with Crippen molar-refractivity contribution in [3.05, 3.63) is 0 Å². The van der Waals surface area contributed by atoms with Crippen LogP contribution in [0.3, 0.4) is 0 Å². The van der Waals surface area contributed by atoms with Crippen molar-refractivity contribution in [3.8, 4) is 0 Å². The number of methoxy groups -OCH3 is 1. The predicted molar refractivity (Wildman–Crippen MR) is 54.9 cm³/mol. The molecule has 0 aliphatic heterocycles. The Morgan fingerprint density at radius 3 is 2.31 bits per heavy atom. The first kappa shape index (κ1) is 12.2. The molecule has 0 spiro atoms. The summed E-state index contributed by atoms with van der Waals surface area (Å²) in [6.07, 6.45) is 2.03. The molecular formula is C9H21N3O. The monoisotopic (exact) mass is 187 g/mol. The molecule has 0 aliphatic carbocycles. The van der Waals surface area contributed by atoms with Crippen LogP contribution in [0.4, 0.5) is 0 Å². The molecule has 0 atom stereocenters. The summed E-state index contributed by atoms with van der Waals surface area (Å²) in [4.78, 5) is 1.89. The average Bonchev–Trinajstić information content (AvgIpc) is 2.11. The summed E-state index contributed by atoms with van der Waals surface area (Å²) >= 11 is 0. The van der Waals surface area contributed by atoms with Crippen molar-refractivity contribution in [1.29, 1.82) is 5.41 Å². The number of nitrogens with two attached hydrogens (primary N) is 1. The van der Waals surface area contributed by atoms with E-state index in [1.807, 2.05) is 4.90 Å². The molecule has 4 heteroatoms. The second-order valence-electron chi connectivity index (χ2n) is 3.04. The molecule has 0 unspecified atom stereocenters. The van der Waals surface area contributed by atoms with Gasteiger partial charge in [0.1, 0.15) is 0 Å². The van der Waals surface area contributed by atoms with Gasteiger partial charge in [0, 0.05) is 19.7 Å². The van der Waals surface area contributed by atoms with Crippen LogP contribution in [0.2, 0.25) is 0 Å². The second kappa shape index (κ2) is 6.71. The normalized spacial score (nSPS) is 10.5. The highest BCUT2D eigenvalue weighted by Crippen LogP contribution is 2.07. The first-order chi connectivity index (χ1) is 6.17. The van der Waals surface area contributed by atoms with Gasteiger partial charge in [-0.05, 0) is 12.8 Å². The smallest absolute Gasteiger partial charge is 0.188 e. The Labute approximate surface area is 80.6 Å². The number of rotatable bonds is 6. The fourth-order valence-electron chi connectivity index (χ4n) is 1.42. The summed E-state index contributed by atoms with van der Waals surface area (Å²) < 4.78 is 4.97. The van der Waals surface area contributed by atoms with Gasteiger partial charge in [0.05, 0.1) is 6.61 Å². The van der Waals surface area contributed by atoms with Crippen LogP contribution in [0.1, 0.15) is 26.7 Å². The number of hydrogen-bond acceptors (Lipinski definition) is 2. The number of nitrogens with one attached hydrogen (secondary N) is 1. The first-order valence-corrected chi connectivity index (χ1v) is 4.76. The van der Waals surface area contributed by atoms with Gasteiger partial charge in [-0.2, -0.15) is 0 Å². The second-order valence-corrected chi connectivity index (χ2v) is 3.04. The number of ether oxygens (including phenoxy) is 1. The van der Waals surface area contributed by atoms with E-state index in [0.717, 1.165) is 12.8 Å². The van der Waals surface area contributed by atoms with Crippen LogP contribution in [0.15, 0.2) is 0 Å². The predicted octanol–water partition coefficient (Wildman–Crippen LogP) is 1.02. The third-order valence-corrected chi connectivity index (χ3v) is 2.23. The maximum Gasteiger partial charge on any atom is 0.188 e. The van der Waals surface area contributed by atoms with Crippen molar-refractivity contribution in [2.24, 2.45) is 5.73 Å². The van der Waals surface area contributed by atoms with E-state index < -0.39 is 0 Å². The van der Waals surface area contributed by atoms with Crippen LogP contribution in [0.5, 0.6) is 0 Å². The molecule has 0 rings (SSSR count). The highest BCUT2D eigenvalue weighted by molar-refractivity contribution is 5.74. The molecule has 0 aromatic carbocycles. The number of nitrogens with zero attached hydrogens (tertiary/aromatic N) is 1. The maximum absolute atomic E-state index is 7.42. The Hall–Kier alpha value is -0.770. The molecule has 3 N–H and O–H groups in total. The SMILES string of the molecule is CCC(CC)N(CCOC)C(=N)N. The Morgan fingerprint density at radius 2 is 2.00 bits per heavy atom. The standard InChI is InChI=1S/C9H21N3O/c1-4-8(5-2)12(9(10)11)6-7-13-3/h8H,4-7H2,1-3H3,(H3,10,11). The van der Waals surface area contributed by atoms with Crippen LogP contribution in [-0.2, 0) is 4.74 Å². The summed E-state index contributed by atoms with van der Waals surface area (Å²) in [7, 11) is 1.66. The van der Waals surface area contributed by atoms with Gasteiger partial charge in [-0.25, -0.2) is 0 Å². The molecule has 4 nitrogen and oxygen atoms in total. The van der Waals surface area contributed by atoms with E-state index in [-0.39, 0.29) is 5.96 Å². The van der Waals surface area contributed by atoms with E-state index in [0.29, 0.717) is 19.2 Å². The van der Waals surface area contributed by atoms with Gasteiger partial charge < -0.3 is 15.4 Å². The molecule has 0 saturated heterocycles. The maximum atomic E-state index is 7.42. The van der Waals surface area contributed by atoms with Gasteiger partial charge in [-0.15, -0.1) is 0 Å². The topological polar surface area (TPSA) is 62.3 Å². The number of guanidine groups is 1. The van der Waals surface area contributed by atoms with E-state index in [9.17, 15) is 0 Å². The van der Waals surface area contributed by atoms with E-state index in [1.165, 1.54) is 0 Å². The fourth-order valence-corrected chi connectivity index (χ4v) is 1.42. The minimum Gasteiger partial charge on any atom is -0.383 e. The highest BCUT2D eigenvalue weighted by Gasteiger charge is 2.15. The Kier molecular flexibility index (Phi) is 6.32. The zero-order chi connectivity index (χ0) is 10.3. The molecule has 0 radical (unpaired) electrons. The Balaban J connectivity index is 4.12. The van der Waals surface area contributed by atoms with Crippen LogP contribution in [-0.4, -0.2) is 37.2 Å². The molecule has 0 heterocycles. The lowest BCUT2D eigenvalue weighted by Crippen LogP contribution is -2.45. The molecule has 78 valence electrons. The molecule has 13 heavy (non-hydrogen) atoms. The quantitative estimate of drug-likeness (QED) is 0.482. The molecule has 0 bridgehead atoms. The zero-order valence-corrected chi connectivity index (χ0v) is 8.84. The van der Waals surface area contributed by atoms with Crippen LogP contribution in [0, 0.1) is 5.41 Å². The fraction of sp³-hybridized carbons (Fsp3) is 0.889. The highest BCUT2D eigenvalue weighted by atomic mass is 16.5. The molecule has 0 aromatic rings. The van der Waals surface area contributed by atoms with E-state index in [2.05, 4.69) is 13.8 Å². The molecule has 0 saturated carbocycles. The lowest BCUT2D eigenvalue weighted by atomic mass is 10.1. The molecule has 0 fully saturated rings. The third-order valence-electron chi connectivity index (χ3n) is 2.23. The largest absolute Gasteiger partial charge is 0.383 e. The van der Waals surface area contributed by atoms with Crippen LogP contribution in [0.25, 0.3) is 0 Å². The van der Waals surface area contributed by atoms with Crippen molar-refractivity contribution in [3.63, 3.8) is 0 Å². The van der Waals surface area contributed by atoms with Crippen LogP contribution < -0.4 is 5.73 Å². The number of hydrogen-bond donors (Lipinski definition) is 2. The molecular weight excluding hydrogens is 166 g/mol. The van der Waals surface area contributed by atoms with Gasteiger partial charge in [-0.3, -0.25) is 5.41 Å². The Morgan fingerprint density at radius 1 is 1.46 bits per heavy atom. The van der Waals surface area contributed by atoms with Gasteiger partial charge in [-0.1, -0.05) is 13.8 Å². The minimum absolute atomic E-state index is 0.144. The summed E-state index contributed by atoms with van der Waals surface area (Å²) in [5.41, 5.74) is 5.48. The minimum atomic E-state index is 0.144.